The van der Waals surface area contributed by atoms with E-state index in [1.54, 1.807) is 6.07 Å². The highest BCUT2D eigenvalue weighted by Crippen LogP contribution is 2.11. The van der Waals surface area contributed by atoms with Crippen molar-refractivity contribution in [1.82, 2.24) is 5.32 Å². The van der Waals surface area contributed by atoms with Crippen molar-refractivity contribution in [2.24, 2.45) is 5.92 Å². The van der Waals surface area contributed by atoms with Gasteiger partial charge in [-0.3, -0.25) is 4.79 Å². The van der Waals surface area contributed by atoms with Gasteiger partial charge in [0.1, 0.15) is 6.26 Å². The van der Waals surface area contributed by atoms with Gasteiger partial charge in [0.2, 0.25) is 0 Å². The van der Waals surface area contributed by atoms with Crippen LogP contribution in [0.5, 0.6) is 0 Å². The van der Waals surface area contributed by atoms with E-state index >= 15 is 0 Å². The fourth-order valence-corrected chi connectivity index (χ4v) is 1.68. The summed E-state index contributed by atoms with van der Waals surface area (Å²) in [7, 11) is 0. The minimum absolute atomic E-state index is 0.0382. The number of nitrogens with one attached hydrogen (secondary N) is 1. The van der Waals surface area contributed by atoms with E-state index in [0.717, 1.165) is 13.0 Å². The molecule has 16 heavy (non-hydrogen) atoms. The third kappa shape index (κ3) is 4.09. The van der Waals surface area contributed by atoms with E-state index in [-0.39, 0.29) is 5.91 Å². The molecule has 0 aromatic carbocycles. The molecule has 1 N–H and O–H groups in total. The van der Waals surface area contributed by atoms with Crippen LogP contribution >= 0.6 is 0 Å². The molecule has 0 saturated carbocycles. The Bertz CT molecular complexity index is 293. The predicted octanol–water partition coefficient (Wildman–Crippen LogP) is 3.23. The summed E-state index contributed by atoms with van der Waals surface area (Å²) in [6.07, 6.45) is 7.75. The Morgan fingerprint density at radius 2 is 2.31 bits per heavy atom. The highest BCUT2D eigenvalue weighted by atomic mass is 16.3. The van der Waals surface area contributed by atoms with E-state index < -0.39 is 0 Å². The fraction of sp³-hybridized carbons (Fsp3) is 0.615. The second-order valence-electron chi connectivity index (χ2n) is 4.14. The zero-order chi connectivity index (χ0) is 11.8. The van der Waals surface area contributed by atoms with Crippen LogP contribution in [0.3, 0.4) is 0 Å². The van der Waals surface area contributed by atoms with Gasteiger partial charge in [-0.1, -0.05) is 33.1 Å². The summed E-state index contributed by atoms with van der Waals surface area (Å²) in [5, 5.41) is 2.95. The quantitative estimate of drug-likeness (QED) is 0.771. The van der Waals surface area contributed by atoms with Crippen molar-refractivity contribution in [2.75, 3.05) is 6.54 Å². The van der Waals surface area contributed by atoms with E-state index in [1.165, 1.54) is 31.8 Å². The summed E-state index contributed by atoms with van der Waals surface area (Å²) >= 11 is 0. The molecule has 1 aromatic heterocycles. The molecular formula is C13H21NO2. The Kier molecular flexibility index (Phi) is 5.68. The average molecular weight is 223 g/mol. The molecule has 1 heterocycles. The molecule has 3 nitrogen and oxygen atoms in total. The molecule has 1 unspecified atom stereocenters. The lowest BCUT2D eigenvalue weighted by Gasteiger charge is -2.14. The zero-order valence-electron chi connectivity index (χ0n) is 10.2. The van der Waals surface area contributed by atoms with Crippen LogP contribution in [0.15, 0.2) is 23.0 Å². The van der Waals surface area contributed by atoms with Gasteiger partial charge < -0.3 is 9.73 Å². The lowest BCUT2D eigenvalue weighted by Crippen LogP contribution is -2.28. The first-order chi connectivity index (χ1) is 7.77. The Labute approximate surface area is 97.2 Å². The van der Waals surface area contributed by atoms with E-state index in [1.807, 2.05) is 0 Å². The maximum atomic E-state index is 11.6. The van der Waals surface area contributed by atoms with Crippen LogP contribution in [0.4, 0.5) is 0 Å². The topological polar surface area (TPSA) is 42.2 Å². The van der Waals surface area contributed by atoms with E-state index in [4.69, 9.17) is 4.42 Å². The van der Waals surface area contributed by atoms with E-state index in [2.05, 4.69) is 19.2 Å². The van der Waals surface area contributed by atoms with Gasteiger partial charge in [0.05, 0.1) is 11.8 Å². The minimum atomic E-state index is -0.0382. The normalized spacial score (nSPS) is 12.4. The van der Waals surface area contributed by atoms with Crippen molar-refractivity contribution >= 4 is 5.91 Å². The van der Waals surface area contributed by atoms with Crippen molar-refractivity contribution in [3.8, 4) is 0 Å². The molecule has 0 spiro atoms. The number of furan rings is 1. The maximum absolute atomic E-state index is 11.6. The van der Waals surface area contributed by atoms with Gasteiger partial charge in [0.25, 0.3) is 5.91 Å². The molecule has 0 radical (unpaired) electrons. The van der Waals surface area contributed by atoms with E-state index in [9.17, 15) is 4.79 Å². The van der Waals surface area contributed by atoms with Crippen LogP contribution < -0.4 is 5.32 Å². The summed E-state index contributed by atoms with van der Waals surface area (Å²) in [6, 6.07) is 1.68. The van der Waals surface area contributed by atoms with Gasteiger partial charge in [-0.05, 0) is 18.4 Å². The first-order valence-corrected chi connectivity index (χ1v) is 6.08. The zero-order valence-corrected chi connectivity index (χ0v) is 10.2. The van der Waals surface area contributed by atoms with Gasteiger partial charge in [0.15, 0.2) is 0 Å². The number of carbonyl (C=O) groups is 1. The third-order valence-electron chi connectivity index (χ3n) is 2.88. The molecule has 1 aromatic rings. The molecule has 3 heteroatoms. The average Bonchev–Trinajstić information content (AvgIpc) is 2.82. The molecule has 0 aliphatic carbocycles. The van der Waals surface area contributed by atoms with E-state index in [0.29, 0.717) is 11.5 Å². The standard InChI is InChI=1S/C13H21NO2/c1-3-5-6-11(4-2)9-14-13(15)12-7-8-16-10-12/h7-8,10-11H,3-6,9H2,1-2H3,(H,14,15). The van der Waals surface area contributed by atoms with Gasteiger partial charge in [-0.2, -0.15) is 0 Å². The number of hydrogen-bond donors (Lipinski definition) is 1. The molecule has 1 atom stereocenters. The Morgan fingerprint density at radius 1 is 1.50 bits per heavy atom. The van der Waals surface area contributed by atoms with Crippen molar-refractivity contribution in [2.45, 2.75) is 39.5 Å². The summed E-state index contributed by atoms with van der Waals surface area (Å²) in [5.74, 6) is 0.555. The number of unbranched alkanes of at least 4 members (excludes halogenated alkanes) is 1. The molecule has 0 saturated heterocycles. The van der Waals surface area contributed by atoms with Crippen molar-refractivity contribution < 1.29 is 9.21 Å². The molecule has 1 rings (SSSR count). The molecule has 0 aliphatic rings. The highest BCUT2D eigenvalue weighted by Gasteiger charge is 2.10. The SMILES string of the molecule is CCCCC(CC)CNC(=O)c1ccoc1. The molecule has 0 aliphatic heterocycles. The Hall–Kier alpha value is -1.25. The second kappa shape index (κ2) is 7.09. The number of carbonyl (C=O) groups excluding carboxylic acids is 1. The predicted molar refractivity (Wildman–Crippen MR) is 64.3 cm³/mol. The molecular weight excluding hydrogens is 202 g/mol. The summed E-state index contributed by atoms with van der Waals surface area (Å²) < 4.78 is 4.87. The number of amides is 1. The lowest BCUT2D eigenvalue weighted by atomic mass is 9.99. The van der Waals surface area contributed by atoms with Gasteiger partial charge in [-0.25, -0.2) is 0 Å². The van der Waals surface area contributed by atoms with Crippen molar-refractivity contribution in [3.05, 3.63) is 24.2 Å². The van der Waals surface area contributed by atoms with Gasteiger partial charge in [-0.15, -0.1) is 0 Å². The van der Waals surface area contributed by atoms with Crippen LogP contribution in [-0.4, -0.2) is 12.5 Å². The Balaban J connectivity index is 2.29. The van der Waals surface area contributed by atoms with Crippen LogP contribution in [-0.2, 0) is 0 Å². The first-order valence-electron chi connectivity index (χ1n) is 6.08. The lowest BCUT2D eigenvalue weighted by molar-refractivity contribution is 0.0945. The number of rotatable bonds is 7. The first kappa shape index (κ1) is 12.8. The van der Waals surface area contributed by atoms with Crippen LogP contribution in [0.1, 0.15) is 49.9 Å². The molecule has 1 amide bonds. The molecule has 0 fully saturated rings. The van der Waals surface area contributed by atoms with Crippen molar-refractivity contribution in [3.63, 3.8) is 0 Å². The van der Waals surface area contributed by atoms with Gasteiger partial charge in [0, 0.05) is 6.54 Å². The summed E-state index contributed by atoms with van der Waals surface area (Å²) in [4.78, 5) is 11.6. The van der Waals surface area contributed by atoms with Crippen LogP contribution in [0.2, 0.25) is 0 Å². The minimum Gasteiger partial charge on any atom is -0.472 e. The smallest absolute Gasteiger partial charge is 0.254 e. The van der Waals surface area contributed by atoms with Crippen LogP contribution in [0.25, 0.3) is 0 Å². The summed E-state index contributed by atoms with van der Waals surface area (Å²) in [6.45, 7) is 5.13. The largest absolute Gasteiger partial charge is 0.472 e. The van der Waals surface area contributed by atoms with Crippen molar-refractivity contribution in [1.29, 1.82) is 0 Å². The third-order valence-corrected chi connectivity index (χ3v) is 2.88. The number of hydrogen-bond acceptors (Lipinski definition) is 2. The van der Waals surface area contributed by atoms with Crippen LogP contribution in [0, 0.1) is 5.92 Å². The Morgan fingerprint density at radius 3 is 2.88 bits per heavy atom. The fourth-order valence-electron chi connectivity index (χ4n) is 1.68. The molecule has 0 bridgehead atoms. The molecule has 90 valence electrons. The highest BCUT2D eigenvalue weighted by molar-refractivity contribution is 5.93. The maximum Gasteiger partial charge on any atom is 0.254 e. The monoisotopic (exact) mass is 223 g/mol. The van der Waals surface area contributed by atoms with Gasteiger partial charge >= 0.3 is 0 Å². The summed E-state index contributed by atoms with van der Waals surface area (Å²) in [5.41, 5.74) is 0.602. The second-order valence-corrected chi connectivity index (χ2v) is 4.14.